The number of ether oxygens (including phenoxy) is 1. The molecule has 6 heteroatoms. The molecular weight excluding hydrogens is 364 g/mol. The van der Waals surface area contributed by atoms with Crippen molar-refractivity contribution < 1.29 is 9.53 Å². The molecule has 0 atom stereocenters. The van der Waals surface area contributed by atoms with Crippen molar-refractivity contribution in [1.29, 1.82) is 0 Å². The molecule has 0 spiro atoms. The standard InChI is InChI=1S/C23H30N4O2/c1-5-10-27-16(3)22(19-13-18(29-4)6-7-21(19)27)23(28)26-11-8-17(9-12-26)20-14-24-25-15(20)2/h6-7,13-14,17H,5,8-12H2,1-4H3,(H,24,25). The second kappa shape index (κ2) is 7.93. The van der Waals surface area contributed by atoms with Crippen LogP contribution in [0.25, 0.3) is 10.9 Å². The number of H-pyrrole nitrogens is 1. The van der Waals surface area contributed by atoms with Gasteiger partial charge in [0.05, 0.1) is 18.9 Å². The zero-order valence-corrected chi connectivity index (χ0v) is 17.8. The Morgan fingerprint density at radius 1 is 1.28 bits per heavy atom. The summed E-state index contributed by atoms with van der Waals surface area (Å²) in [7, 11) is 1.67. The lowest BCUT2D eigenvalue weighted by molar-refractivity contribution is 0.0714. The lowest BCUT2D eigenvalue weighted by atomic mass is 9.89. The van der Waals surface area contributed by atoms with Crippen molar-refractivity contribution in [3.05, 3.63) is 46.9 Å². The van der Waals surface area contributed by atoms with Crippen LogP contribution in [0.2, 0.25) is 0 Å². The Morgan fingerprint density at radius 3 is 2.66 bits per heavy atom. The predicted molar refractivity (Wildman–Crippen MR) is 115 cm³/mol. The fourth-order valence-corrected chi connectivity index (χ4v) is 4.69. The molecule has 1 fully saturated rings. The molecule has 1 aromatic carbocycles. The first-order valence-corrected chi connectivity index (χ1v) is 10.5. The van der Waals surface area contributed by atoms with Crippen LogP contribution in [0.15, 0.2) is 24.4 Å². The first-order valence-electron chi connectivity index (χ1n) is 10.5. The molecule has 1 aliphatic rings. The number of aromatic nitrogens is 3. The van der Waals surface area contributed by atoms with Crippen LogP contribution in [0.3, 0.4) is 0 Å². The summed E-state index contributed by atoms with van der Waals surface area (Å²) >= 11 is 0. The van der Waals surface area contributed by atoms with Gasteiger partial charge in [-0.3, -0.25) is 9.89 Å². The number of nitrogens with zero attached hydrogens (tertiary/aromatic N) is 3. The van der Waals surface area contributed by atoms with Gasteiger partial charge in [-0.25, -0.2) is 0 Å². The molecule has 0 saturated carbocycles. The van der Waals surface area contributed by atoms with E-state index in [9.17, 15) is 4.79 Å². The maximum atomic E-state index is 13.6. The number of nitrogens with one attached hydrogen (secondary N) is 1. The summed E-state index contributed by atoms with van der Waals surface area (Å²) in [5.74, 6) is 1.40. The maximum Gasteiger partial charge on any atom is 0.256 e. The average Bonchev–Trinajstić information content (AvgIpc) is 3.28. The third kappa shape index (κ3) is 3.41. The Bertz CT molecular complexity index is 1030. The van der Waals surface area contributed by atoms with Crippen molar-refractivity contribution in [3.8, 4) is 5.75 Å². The Kier molecular flexibility index (Phi) is 5.35. The molecule has 0 bridgehead atoms. The average molecular weight is 395 g/mol. The number of methoxy groups -OCH3 is 1. The van der Waals surface area contributed by atoms with Crippen LogP contribution in [0, 0.1) is 13.8 Å². The SMILES string of the molecule is CCCn1c(C)c(C(=O)N2CCC(c3cn[nH]c3C)CC2)c2cc(OC)ccc21. The third-order valence-electron chi connectivity index (χ3n) is 6.28. The van der Waals surface area contributed by atoms with Gasteiger partial charge in [0.25, 0.3) is 5.91 Å². The van der Waals surface area contributed by atoms with Gasteiger partial charge in [-0.1, -0.05) is 6.92 Å². The number of carbonyl (C=O) groups is 1. The molecule has 0 radical (unpaired) electrons. The van der Waals surface area contributed by atoms with Crippen molar-refractivity contribution in [3.63, 3.8) is 0 Å². The molecular formula is C23H30N4O2. The van der Waals surface area contributed by atoms with E-state index in [1.807, 2.05) is 23.2 Å². The summed E-state index contributed by atoms with van der Waals surface area (Å²) < 4.78 is 7.70. The minimum atomic E-state index is 0.137. The van der Waals surface area contributed by atoms with Crippen molar-refractivity contribution in [2.75, 3.05) is 20.2 Å². The van der Waals surface area contributed by atoms with E-state index in [2.05, 4.69) is 41.6 Å². The molecule has 6 nitrogen and oxygen atoms in total. The van der Waals surface area contributed by atoms with Gasteiger partial charge in [-0.05, 0) is 62.8 Å². The zero-order chi connectivity index (χ0) is 20.5. The summed E-state index contributed by atoms with van der Waals surface area (Å²) in [6, 6.07) is 6.05. The summed E-state index contributed by atoms with van der Waals surface area (Å²) in [5, 5.41) is 8.19. The number of hydrogen-bond donors (Lipinski definition) is 1. The molecule has 1 N–H and O–H groups in total. The summed E-state index contributed by atoms with van der Waals surface area (Å²) in [6.45, 7) is 8.76. The van der Waals surface area contributed by atoms with Crippen molar-refractivity contribution in [1.82, 2.24) is 19.7 Å². The number of rotatable bonds is 5. The lowest BCUT2D eigenvalue weighted by Gasteiger charge is -2.32. The molecule has 2 aromatic heterocycles. The zero-order valence-electron chi connectivity index (χ0n) is 17.8. The highest BCUT2D eigenvalue weighted by Gasteiger charge is 2.29. The van der Waals surface area contributed by atoms with Gasteiger partial charge in [0, 0.05) is 41.9 Å². The Morgan fingerprint density at radius 2 is 2.03 bits per heavy atom. The van der Waals surface area contributed by atoms with Crippen LogP contribution in [-0.2, 0) is 6.54 Å². The topological polar surface area (TPSA) is 63.2 Å². The highest BCUT2D eigenvalue weighted by Crippen LogP contribution is 2.33. The van der Waals surface area contributed by atoms with Gasteiger partial charge in [-0.15, -0.1) is 0 Å². The third-order valence-corrected chi connectivity index (χ3v) is 6.28. The number of piperidine rings is 1. The molecule has 154 valence electrons. The quantitative estimate of drug-likeness (QED) is 0.697. The van der Waals surface area contributed by atoms with Crippen molar-refractivity contribution in [2.24, 2.45) is 0 Å². The van der Waals surface area contributed by atoms with E-state index in [0.29, 0.717) is 5.92 Å². The van der Waals surface area contributed by atoms with Crippen LogP contribution in [0.4, 0.5) is 0 Å². The van der Waals surface area contributed by atoms with Crippen LogP contribution >= 0.6 is 0 Å². The lowest BCUT2D eigenvalue weighted by Crippen LogP contribution is -2.38. The van der Waals surface area contributed by atoms with Crippen molar-refractivity contribution >= 4 is 16.8 Å². The number of aromatic amines is 1. The molecule has 3 aromatic rings. The highest BCUT2D eigenvalue weighted by molar-refractivity contribution is 6.08. The van der Waals surface area contributed by atoms with Gasteiger partial charge >= 0.3 is 0 Å². The Hall–Kier alpha value is -2.76. The molecule has 29 heavy (non-hydrogen) atoms. The fourth-order valence-electron chi connectivity index (χ4n) is 4.69. The second-order valence-corrected chi connectivity index (χ2v) is 8.01. The first-order chi connectivity index (χ1) is 14.0. The summed E-state index contributed by atoms with van der Waals surface area (Å²) in [5.41, 5.74) is 5.41. The fraction of sp³-hybridized carbons (Fsp3) is 0.478. The van der Waals surface area contributed by atoms with E-state index in [1.165, 1.54) is 5.56 Å². The summed E-state index contributed by atoms with van der Waals surface area (Å²) in [4.78, 5) is 15.6. The highest BCUT2D eigenvalue weighted by atomic mass is 16.5. The minimum Gasteiger partial charge on any atom is -0.497 e. The molecule has 4 rings (SSSR count). The van der Waals surface area contributed by atoms with Gasteiger partial charge in [0.15, 0.2) is 0 Å². The van der Waals surface area contributed by atoms with Crippen molar-refractivity contribution in [2.45, 2.75) is 52.5 Å². The maximum absolute atomic E-state index is 13.6. The number of aryl methyl sites for hydroxylation is 2. The van der Waals surface area contributed by atoms with Crippen LogP contribution in [0.5, 0.6) is 5.75 Å². The monoisotopic (exact) mass is 394 g/mol. The van der Waals surface area contributed by atoms with Crippen LogP contribution in [-0.4, -0.2) is 45.8 Å². The minimum absolute atomic E-state index is 0.137. The van der Waals surface area contributed by atoms with E-state index in [4.69, 9.17) is 4.74 Å². The molecule has 1 saturated heterocycles. The van der Waals surface area contributed by atoms with Gasteiger partial charge in [0.2, 0.25) is 0 Å². The molecule has 1 amide bonds. The van der Waals surface area contributed by atoms with E-state index in [0.717, 1.165) is 72.5 Å². The number of hydrogen-bond acceptors (Lipinski definition) is 3. The molecule has 1 aliphatic heterocycles. The number of amides is 1. The molecule has 0 aliphatic carbocycles. The predicted octanol–water partition coefficient (Wildman–Crippen LogP) is 4.42. The smallest absolute Gasteiger partial charge is 0.256 e. The normalized spacial score (nSPS) is 15.2. The van der Waals surface area contributed by atoms with Gasteiger partial charge < -0.3 is 14.2 Å². The first kappa shape index (κ1) is 19.6. The summed E-state index contributed by atoms with van der Waals surface area (Å²) in [6.07, 6.45) is 4.91. The van der Waals surface area contributed by atoms with E-state index in [-0.39, 0.29) is 5.91 Å². The van der Waals surface area contributed by atoms with Crippen LogP contribution in [0.1, 0.15) is 59.4 Å². The number of fused-ring (bicyclic) bond motifs is 1. The Labute approximate surface area is 171 Å². The largest absolute Gasteiger partial charge is 0.497 e. The van der Waals surface area contributed by atoms with E-state index < -0.39 is 0 Å². The van der Waals surface area contributed by atoms with E-state index in [1.54, 1.807) is 7.11 Å². The van der Waals surface area contributed by atoms with Gasteiger partial charge in [-0.2, -0.15) is 5.10 Å². The Balaban J connectivity index is 1.63. The van der Waals surface area contributed by atoms with Gasteiger partial charge in [0.1, 0.15) is 5.75 Å². The second-order valence-electron chi connectivity index (χ2n) is 8.01. The molecule has 3 heterocycles. The number of likely N-dealkylation sites (tertiary alicyclic amines) is 1. The van der Waals surface area contributed by atoms with E-state index >= 15 is 0 Å². The number of benzene rings is 1. The van der Waals surface area contributed by atoms with Crippen LogP contribution < -0.4 is 4.74 Å². The number of carbonyl (C=O) groups excluding carboxylic acids is 1. The molecule has 0 unspecified atom stereocenters.